The maximum atomic E-state index is 3.87. The highest BCUT2D eigenvalue weighted by Gasteiger charge is 2.07. The Kier molecular flexibility index (Phi) is 8.32. The summed E-state index contributed by atoms with van der Waals surface area (Å²) < 4.78 is 0. The molecule has 0 fully saturated rings. The Balaban J connectivity index is 4.69. The average molecular weight is 219 g/mol. The molecule has 1 nitrogen and oxygen atoms in total. The summed E-state index contributed by atoms with van der Waals surface area (Å²) in [6, 6.07) is 0.358. The van der Waals surface area contributed by atoms with E-state index in [1.54, 1.807) is 0 Å². The van der Waals surface area contributed by atoms with Gasteiger partial charge in [0.25, 0.3) is 0 Å². The van der Waals surface area contributed by atoms with Crippen molar-refractivity contribution < 1.29 is 0 Å². The van der Waals surface area contributed by atoms with Crippen molar-refractivity contribution in [3.8, 4) is 0 Å². The van der Waals surface area contributed by atoms with Gasteiger partial charge >= 0.3 is 0 Å². The van der Waals surface area contributed by atoms with E-state index in [0.29, 0.717) is 6.04 Å². The van der Waals surface area contributed by atoms with Crippen molar-refractivity contribution in [1.82, 2.24) is 5.32 Å². The van der Waals surface area contributed by atoms with Crippen molar-refractivity contribution in [1.29, 1.82) is 0 Å². The molecule has 0 saturated heterocycles. The summed E-state index contributed by atoms with van der Waals surface area (Å²) in [7, 11) is 0. The molecule has 1 unspecified atom stereocenters. The fourth-order valence-electron chi connectivity index (χ4n) is 1.59. The smallest absolute Gasteiger partial charge is 0.0507 e. The number of nitrogens with one attached hydrogen (secondary N) is 1. The normalized spacial score (nSPS) is 15.2. The molecule has 0 saturated carbocycles. The van der Waals surface area contributed by atoms with Crippen LogP contribution in [0.25, 0.3) is 0 Å². The van der Waals surface area contributed by atoms with Crippen LogP contribution in [0.5, 0.6) is 0 Å². The summed E-state index contributed by atoms with van der Waals surface area (Å²) in [6.45, 7) is 12.3. The molecule has 0 aliphatic heterocycles. The maximum absolute atomic E-state index is 3.87. The van der Waals surface area contributed by atoms with Crippen LogP contribution >= 0.6 is 0 Å². The summed E-state index contributed by atoms with van der Waals surface area (Å²) in [5, 5.41) is 3.52. The van der Waals surface area contributed by atoms with Gasteiger partial charge in [0.1, 0.15) is 0 Å². The summed E-state index contributed by atoms with van der Waals surface area (Å²) in [6.07, 6.45) is 12.5. The standard InChI is InChI=1S/C15H25N/c1-6-10-12-14(8-3)15(9-4)16-13(5)11-7-2/h6,8,10-12,15-16H,3,7,9H2,1-2,4-5H3/b10-6-,13-11-,14-12+. The topological polar surface area (TPSA) is 12.0 Å². The van der Waals surface area contributed by atoms with Crippen LogP contribution in [0.4, 0.5) is 0 Å². The predicted molar refractivity (Wildman–Crippen MR) is 74.4 cm³/mol. The van der Waals surface area contributed by atoms with E-state index in [1.165, 1.54) is 11.3 Å². The van der Waals surface area contributed by atoms with Crippen LogP contribution < -0.4 is 5.32 Å². The van der Waals surface area contributed by atoms with Gasteiger partial charge in [-0.05, 0) is 32.3 Å². The third kappa shape index (κ3) is 5.59. The van der Waals surface area contributed by atoms with Gasteiger partial charge < -0.3 is 5.32 Å². The minimum atomic E-state index is 0.358. The predicted octanol–water partition coefficient (Wildman–Crippen LogP) is 4.36. The first-order valence-corrected chi connectivity index (χ1v) is 6.08. The van der Waals surface area contributed by atoms with Crippen molar-refractivity contribution in [2.75, 3.05) is 0 Å². The van der Waals surface area contributed by atoms with Gasteiger partial charge in [-0.1, -0.05) is 50.8 Å². The number of allylic oxidation sites excluding steroid dienone is 5. The summed E-state index contributed by atoms with van der Waals surface area (Å²) >= 11 is 0. The molecule has 90 valence electrons. The SMILES string of the molecule is C=C/C(=C\C=C/C)C(CC)N/C(C)=C\CC. The number of rotatable bonds is 7. The highest BCUT2D eigenvalue weighted by atomic mass is 14.9. The number of hydrogen-bond acceptors (Lipinski definition) is 1. The van der Waals surface area contributed by atoms with E-state index in [0.717, 1.165) is 12.8 Å². The molecular weight excluding hydrogens is 194 g/mol. The van der Waals surface area contributed by atoms with Crippen LogP contribution in [0.1, 0.15) is 40.5 Å². The Labute approximate surface area is 101 Å². The first-order valence-electron chi connectivity index (χ1n) is 6.08. The lowest BCUT2D eigenvalue weighted by atomic mass is 10.0. The Morgan fingerprint density at radius 2 is 2.06 bits per heavy atom. The van der Waals surface area contributed by atoms with Gasteiger partial charge in [-0.2, -0.15) is 0 Å². The van der Waals surface area contributed by atoms with Gasteiger partial charge in [0.15, 0.2) is 0 Å². The zero-order chi connectivity index (χ0) is 12.4. The van der Waals surface area contributed by atoms with Gasteiger partial charge in [-0.3, -0.25) is 0 Å². The van der Waals surface area contributed by atoms with E-state index in [4.69, 9.17) is 0 Å². The van der Waals surface area contributed by atoms with Crippen LogP contribution in [0, 0.1) is 0 Å². The van der Waals surface area contributed by atoms with Crippen molar-refractivity contribution in [2.45, 2.75) is 46.6 Å². The minimum Gasteiger partial charge on any atom is -0.382 e. The molecule has 0 spiro atoms. The molecule has 0 aromatic carbocycles. The molecule has 0 bridgehead atoms. The van der Waals surface area contributed by atoms with Gasteiger partial charge in [-0.25, -0.2) is 0 Å². The molecule has 0 heterocycles. The van der Waals surface area contributed by atoms with Crippen molar-refractivity contribution in [2.24, 2.45) is 0 Å². The molecule has 1 atom stereocenters. The zero-order valence-electron chi connectivity index (χ0n) is 11.1. The van der Waals surface area contributed by atoms with E-state index in [9.17, 15) is 0 Å². The fraction of sp³-hybridized carbons (Fsp3) is 0.467. The minimum absolute atomic E-state index is 0.358. The first kappa shape index (κ1) is 14.8. The Morgan fingerprint density at radius 1 is 1.38 bits per heavy atom. The van der Waals surface area contributed by atoms with Gasteiger partial charge in [-0.15, -0.1) is 0 Å². The summed E-state index contributed by atoms with van der Waals surface area (Å²) in [5.74, 6) is 0. The molecule has 0 radical (unpaired) electrons. The Morgan fingerprint density at radius 3 is 2.50 bits per heavy atom. The number of hydrogen-bond donors (Lipinski definition) is 1. The van der Waals surface area contributed by atoms with E-state index >= 15 is 0 Å². The summed E-state index contributed by atoms with van der Waals surface area (Å²) in [4.78, 5) is 0. The second-order valence-electron chi connectivity index (χ2n) is 3.80. The molecule has 1 N–H and O–H groups in total. The third-order valence-electron chi connectivity index (χ3n) is 2.44. The van der Waals surface area contributed by atoms with Crippen LogP contribution in [-0.4, -0.2) is 6.04 Å². The lowest BCUT2D eigenvalue weighted by Crippen LogP contribution is -2.28. The molecule has 0 aliphatic carbocycles. The molecule has 0 rings (SSSR count). The van der Waals surface area contributed by atoms with E-state index in [-0.39, 0.29) is 0 Å². The van der Waals surface area contributed by atoms with Crippen molar-refractivity contribution in [3.05, 3.63) is 48.2 Å². The largest absolute Gasteiger partial charge is 0.382 e. The average Bonchev–Trinajstić information content (AvgIpc) is 2.28. The first-order chi connectivity index (χ1) is 7.69. The van der Waals surface area contributed by atoms with Crippen LogP contribution in [0.15, 0.2) is 48.2 Å². The second kappa shape index (κ2) is 9.02. The lowest BCUT2D eigenvalue weighted by molar-refractivity contribution is 0.627. The monoisotopic (exact) mass is 219 g/mol. The van der Waals surface area contributed by atoms with Crippen LogP contribution in [0.2, 0.25) is 0 Å². The molecule has 0 amide bonds. The molecular formula is C15H25N. The molecule has 0 aromatic heterocycles. The van der Waals surface area contributed by atoms with E-state index in [1.807, 2.05) is 19.1 Å². The van der Waals surface area contributed by atoms with Crippen LogP contribution in [-0.2, 0) is 0 Å². The molecule has 0 aromatic rings. The highest BCUT2D eigenvalue weighted by molar-refractivity contribution is 5.28. The van der Waals surface area contributed by atoms with Gasteiger partial charge in [0.2, 0.25) is 0 Å². The van der Waals surface area contributed by atoms with E-state index in [2.05, 4.69) is 50.9 Å². The van der Waals surface area contributed by atoms with E-state index < -0.39 is 0 Å². The highest BCUT2D eigenvalue weighted by Crippen LogP contribution is 2.10. The molecule has 1 heteroatoms. The quantitative estimate of drug-likeness (QED) is 0.627. The summed E-state index contributed by atoms with van der Waals surface area (Å²) in [5.41, 5.74) is 2.48. The van der Waals surface area contributed by atoms with Crippen molar-refractivity contribution in [3.63, 3.8) is 0 Å². The van der Waals surface area contributed by atoms with Gasteiger partial charge in [0, 0.05) is 5.70 Å². The van der Waals surface area contributed by atoms with Crippen molar-refractivity contribution >= 4 is 0 Å². The molecule has 16 heavy (non-hydrogen) atoms. The Bertz CT molecular complexity index is 282. The molecule has 0 aliphatic rings. The van der Waals surface area contributed by atoms with Gasteiger partial charge in [0.05, 0.1) is 6.04 Å². The maximum Gasteiger partial charge on any atom is 0.0507 e. The third-order valence-corrected chi connectivity index (χ3v) is 2.44. The Hall–Kier alpha value is -1.24. The lowest BCUT2D eigenvalue weighted by Gasteiger charge is -2.19. The zero-order valence-corrected chi connectivity index (χ0v) is 11.1. The fourth-order valence-corrected chi connectivity index (χ4v) is 1.59. The van der Waals surface area contributed by atoms with Crippen LogP contribution in [0.3, 0.4) is 0 Å². The second-order valence-corrected chi connectivity index (χ2v) is 3.80.